The smallest absolute Gasteiger partial charge is 0.127 e. The van der Waals surface area contributed by atoms with Crippen LogP contribution in [0, 0.1) is 0 Å². The van der Waals surface area contributed by atoms with E-state index in [2.05, 4.69) is 72.3 Å². The Balaban J connectivity index is 1.67. The van der Waals surface area contributed by atoms with Gasteiger partial charge in [-0.05, 0) is 62.4 Å². The van der Waals surface area contributed by atoms with Gasteiger partial charge in [0, 0.05) is 29.9 Å². The molecule has 36 heavy (non-hydrogen) atoms. The number of aromatic nitrogens is 2. The topological polar surface area (TPSA) is 60.7 Å². The Morgan fingerprint density at radius 2 is 1.67 bits per heavy atom. The highest BCUT2D eigenvalue weighted by Crippen LogP contribution is 2.30. The molecule has 0 saturated carbocycles. The minimum Gasteiger partial charge on any atom is -0.497 e. The summed E-state index contributed by atoms with van der Waals surface area (Å²) in [6.45, 7) is 4.75. The summed E-state index contributed by atoms with van der Waals surface area (Å²) >= 11 is 0. The van der Waals surface area contributed by atoms with E-state index in [0.717, 1.165) is 56.2 Å². The average molecular weight is 479 g/mol. The van der Waals surface area contributed by atoms with Crippen LogP contribution < -0.4 is 20.1 Å². The van der Waals surface area contributed by atoms with E-state index in [1.807, 2.05) is 36.4 Å². The first kappa shape index (κ1) is 23.4. The van der Waals surface area contributed by atoms with Gasteiger partial charge < -0.3 is 19.4 Å². The molecular formula is C30H30N4O2. The van der Waals surface area contributed by atoms with Crippen LogP contribution in [0.5, 0.6) is 11.5 Å². The van der Waals surface area contributed by atoms with E-state index in [1.165, 1.54) is 0 Å². The number of hydrogen-bond donors (Lipinski definition) is 1. The number of nitrogens with zero attached hydrogens (tertiary/aromatic N) is 3. The van der Waals surface area contributed by atoms with Crippen molar-refractivity contribution < 1.29 is 9.47 Å². The van der Waals surface area contributed by atoms with Gasteiger partial charge in [-0.25, -0.2) is 4.98 Å². The molecule has 3 aromatic rings. The Labute approximate surface area is 211 Å². The Bertz CT molecular complexity index is 1540. The van der Waals surface area contributed by atoms with Crippen LogP contribution in [0.15, 0.2) is 89.9 Å². The minimum absolute atomic E-state index is 0.136. The fraction of sp³-hybridized carbons (Fsp3) is 0.200. The monoisotopic (exact) mass is 478 g/mol. The summed E-state index contributed by atoms with van der Waals surface area (Å²) in [5, 5.41) is 4.48. The molecule has 1 aliphatic carbocycles. The molecule has 5 rings (SSSR count). The van der Waals surface area contributed by atoms with E-state index in [0.29, 0.717) is 6.54 Å². The lowest BCUT2D eigenvalue weighted by Crippen LogP contribution is -2.18. The van der Waals surface area contributed by atoms with Crippen LogP contribution in [0.1, 0.15) is 19.4 Å². The second-order valence-corrected chi connectivity index (χ2v) is 8.88. The number of para-hydroxylation sites is 3. The standard InChI is InChI=1S/C30H30N4O2/c1-20(2)32-26-18-29-27(17-25(26)31-19-21-14-15-23(35-3)16-30(21)36-4)33-24-12-8-9-13-28(24)34(29)22-10-6-5-7-11-22/h5-18,20,31H,19H2,1-4H3. The fourth-order valence-corrected chi connectivity index (χ4v) is 4.41. The summed E-state index contributed by atoms with van der Waals surface area (Å²) in [7, 11) is 3.32. The summed E-state index contributed by atoms with van der Waals surface area (Å²) in [5.74, 6) is 1.54. The predicted octanol–water partition coefficient (Wildman–Crippen LogP) is 6.07. The molecule has 6 heteroatoms. The molecule has 0 fully saturated rings. The van der Waals surface area contributed by atoms with Gasteiger partial charge >= 0.3 is 0 Å². The summed E-state index contributed by atoms with van der Waals surface area (Å²) in [6, 6.07) is 28.8. The van der Waals surface area contributed by atoms with Crippen molar-refractivity contribution in [1.82, 2.24) is 9.55 Å². The highest BCUT2D eigenvalue weighted by atomic mass is 16.5. The third-order valence-corrected chi connectivity index (χ3v) is 6.07. The second kappa shape index (κ2) is 10.1. The molecule has 0 unspecified atom stereocenters. The Kier molecular flexibility index (Phi) is 6.58. The van der Waals surface area contributed by atoms with Crippen molar-refractivity contribution in [2.24, 2.45) is 4.99 Å². The third kappa shape index (κ3) is 4.62. The number of hydrogen-bond acceptors (Lipinski definition) is 5. The lowest BCUT2D eigenvalue weighted by molar-refractivity contribution is 0.391. The molecule has 6 nitrogen and oxygen atoms in total. The van der Waals surface area contributed by atoms with Crippen molar-refractivity contribution >= 4 is 16.7 Å². The number of ether oxygens (including phenoxy) is 2. The van der Waals surface area contributed by atoms with Gasteiger partial charge in [-0.1, -0.05) is 30.3 Å². The molecule has 3 aromatic carbocycles. The molecule has 1 aliphatic heterocycles. The summed E-state index contributed by atoms with van der Waals surface area (Å²) in [5.41, 5.74) is 6.92. The van der Waals surface area contributed by atoms with Crippen LogP contribution in [-0.4, -0.2) is 29.8 Å². The van der Waals surface area contributed by atoms with Crippen molar-refractivity contribution in [1.29, 1.82) is 0 Å². The number of anilines is 1. The van der Waals surface area contributed by atoms with E-state index < -0.39 is 0 Å². The quantitative estimate of drug-likeness (QED) is 0.289. The molecule has 0 saturated heterocycles. The Morgan fingerprint density at radius 3 is 2.42 bits per heavy atom. The van der Waals surface area contributed by atoms with E-state index in [9.17, 15) is 0 Å². The van der Waals surface area contributed by atoms with Crippen molar-refractivity contribution in [3.8, 4) is 28.6 Å². The largest absolute Gasteiger partial charge is 0.497 e. The lowest BCUT2D eigenvalue weighted by Gasteiger charge is -2.20. The lowest BCUT2D eigenvalue weighted by atomic mass is 10.1. The van der Waals surface area contributed by atoms with Crippen LogP contribution in [-0.2, 0) is 6.54 Å². The number of rotatable bonds is 7. The highest BCUT2D eigenvalue weighted by molar-refractivity contribution is 5.83. The first-order valence-corrected chi connectivity index (χ1v) is 12.1. The molecule has 0 aromatic heterocycles. The van der Waals surface area contributed by atoms with E-state index in [4.69, 9.17) is 19.5 Å². The number of benzene rings is 4. The zero-order chi connectivity index (χ0) is 25.1. The molecule has 182 valence electrons. The number of methoxy groups -OCH3 is 2. The van der Waals surface area contributed by atoms with Crippen molar-refractivity contribution in [2.75, 3.05) is 19.5 Å². The molecule has 2 aliphatic rings. The molecular weight excluding hydrogens is 448 g/mol. The maximum Gasteiger partial charge on any atom is 0.127 e. The molecule has 0 spiro atoms. The molecule has 0 amide bonds. The maximum atomic E-state index is 5.60. The number of fused-ring (bicyclic) bond motifs is 2. The normalized spacial score (nSPS) is 11.9. The summed E-state index contributed by atoms with van der Waals surface area (Å²) < 4.78 is 13.2. The average Bonchev–Trinajstić information content (AvgIpc) is 2.90. The van der Waals surface area contributed by atoms with Crippen LogP contribution in [0.2, 0.25) is 0 Å². The molecule has 1 heterocycles. The zero-order valence-corrected chi connectivity index (χ0v) is 21.0. The molecule has 1 N–H and O–H groups in total. The summed E-state index contributed by atoms with van der Waals surface area (Å²) in [4.78, 5) is 9.96. The minimum atomic E-state index is 0.136. The van der Waals surface area contributed by atoms with E-state index >= 15 is 0 Å². The van der Waals surface area contributed by atoms with Gasteiger partial charge in [0.2, 0.25) is 0 Å². The van der Waals surface area contributed by atoms with Crippen LogP contribution in [0.3, 0.4) is 0 Å². The van der Waals surface area contributed by atoms with Crippen LogP contribution >= 0.6 is 0 Å². The van der Waals surface area contributed by atoms with Crippen molar-refractivity contribution in [2.45, 2.75) is 26.4 Å². The van der Waals surface area contributed by atoms with Gasteiger partial charge in [-0.15, -0.1) is 0 Å². The first-order valence-electron chi connectivity index (χ1n) is 12.1. The van der Waals surface area contributed by atoms with Crippen LogP contribution in [0.4, 0.5) is 5.69 Å². The Hall–Kier alpha value is -4.32. The molecule has 0 radical (unpaired) electrons. The first-order chi connectivity index (χ1) is 17.6. The maximum absolute atomic E-state index is 5.60. The van der Waals surface area contributed by atoms with Gasteiger partial charge in [-0.3, -0.25) is 4.99 Å². The van der Waals surface area contributed by atoms with Crippen molar-refractivity contribution in [3.05, 3.63) is 95.8 Å². The zero-order valence-electron chi connectivity index (χ0n) is 21.0. The molecule has 0 atom stereocenters. The van der Waals surface area contributed by atoms with E-state index in [-0.39, 0.29) is 6.04 Å². The van der Waals surface area contributed by atoms with Gasteiger partial charge in [0.05, 0.1) is 47.7 Å². The van der Waals surface area contributed by atoms with Crippen molar-refractivity contribution in [3.63, 3.8) is 0 Å². The fourth-order valence-electron chi connectivity index (χ4n) is 4.41. The predicted molar refractivity (Wildman–Crippen MR) is 145 cm³/mol. The van der Waals surface area contributed by atoms with Gasteiger partial charge in [-0.2, -0.15) is 0 Å². The molecule has 0 bridgehead atoms. The third-order valence-electron chi connectivity index (χ3n) is 6.07. The number of nitrogens with one attached hydrogen (secondary N) is 1. The highest BCUT2D eigenvalue weighted by Gasteiger charge is 2.17. The van der Waals surface area contributed by atoms with Crippen LogP contribution in [0.25, 0.3) is 28.1 Å². The Morgan fingerprint density at radius 1 is 0.889 bits per heavy atom. The van der Waals surface area contributed by atoms with Gasteiger partial charge in [0.1, 0.15) is 11.5 Å². The SMILES string of the molecule is COc1ccc(CNc2cc3nc4ccccc4n(-c4ccccc4)c-3cc2=NC(C)C)c(OC)c1. The van der Waals surface area contributed by atoms with Gasteiger partial charge in [0.25, 0.3) is 0 Å². The second-order valence-electron chi connectivity index (χ2n) is 8.88. The van der Waals surface area contributed by atoms with Gasteiger partial charge in [0.15, 0.2) is 0 Å². The van der Waals surface area contributed by atoms with E-state index in [1.54, 1.807) is 14.2 Å². The summed E-state index contributed by atoms with van der Waals surface area (Å²) in [6.07, 6.45) is 0.